The van der Waals surface area contributed by atoms with Gasteiger partial charge in [-0.05, 0) is 30.3 Å². The second kappa shape index (κ2) is 8.93. The SMILES string of the molecule is O=C(O)c1ccc(S(=O)(=O)O)cc1N1C(=O)C(=Cc2ccccc2[N+](=O)[O-])N=C1c1ccccc1. The Labute approximate surface area is 198 Å². The lowest BCUT2D eigenvalue weighted by atomic mass is 10.1. The molecule has 35 heavy (non-hydrogen) atoms. The lowest BCUT2D eigenvalue weighted by Gasteiger charge is -2.21. The van der Waals surface area contributed by atoms with Crippen molar-refractivity contribution >= 4 is 45.3 Å². The molecule has 12 heteroatoms. The minimum atomic E-state index is -4.73. The number of carbonyl (C=O) groups is 2. The summed E-state index contributed by atoms with van der Waals surface area (Å²) >= 11 is 0. The third kappa shape index (κ3) is 4.55. The zero-order valence-electron chi connectivity index (χ0n) is 17.6. The molecule has 0 aliphatic carbocycles. The Kier molecular flexibility index (Phi) is 5.99. The summed E-state index contributed by atoms with van der Waals surface area (Å²) in [7, 11) is -4.73. The lowest BCUT2D eigenvalue weighted by molar-refractivity contribution is -0.385. The number of carboxylic acid groups (broad SMARTS) is 1. The normalized spacial score (nSPS) is 14.8. The van der Waals surface area contributed by atoms with Crippen LogP contribution in [0.5, 0.6) is 0 Å². The maximum atomic E-state index is 13.5. The molecule has 2 N–H and O–H groups in total. The van der Waals surface area contributed by atoms with E-state index in [9.17, 15) is 37.8 Å². The highest BCUT2D eigenvalue weighted by atomic mass is 32.2. The van der Waals surface area contributed by atoms with Gasteiger partial charge in [0.25, 0.3) is 21.7 Å². The second-order valence-electron chi connectivity index (χ2n) is 7.25. The van der Waals surface area contributed by atoms with E-state index in [0.717, 1.165) is 23.1 Å². The fraction of sp³-hybridized carbons (Fsp3) is 0. The van der Waals surface area contributed by atoms with Crippen LogP contribution in [0.15, 0.2) is 88.4 Å². The monoisotopic (exact) mass is 493 g/mol. The number of nitrogens with zero attached hydrogens (tertiary/aromatic N) is 3. The van der Waals surface area contributed by atoms with Gasteiger partial charge in [0, 0.05) is 11.6 Å². The van der Waals surface area contributed by atoms with Crippen molar-refractivity contribution in [2.24, 2.45) is 4.99 Å². The molecule has 176 valence electrons. The van der Waals surface area contributed by atoms with Gasteiger partial charge in [0.05, 0.1) is 26.6 Å². The van der Waals surface area contributed by atoms with E-state index >= 15 is 0 Å². The number of amides is 1. The summed E-state index contributed by atoms with van der Waals surface area (Å²) in [4.78, 5) is 40.7. The predicted octanol–water partition coefficient (Wildman–Crippen LogP) is 3.37. The molecule has 0 radical (unpaired) electrons. The van der Waals surface area contributed by atoms with Gasteiger partial charge in [-0.25, -0.2) is 9.79 Å². The molecule has 0 saturated carbocycles. The van der Waals surface area contributed by atoms with Gasteiger partial charge in [0.1, 0.15) is 11.5 Å². The summed E-state index contributed by atoms with van der Waals surface area (Å²) in [6.07, 6.45) is 1.19. The third-order valence-electron chi connectivity index (χ3n) is 5.06. The zero-order chi connectivity index (χ0) is 25.3. The van der Waals surface area contributed by atoms with Gasteiger partial charge in [0.2, 0.25) is 0 Å². The Morgan fingerprint density at radius 2 is 1.69 bits per heavy atom. The van der Waals surface area contributed by atoms with Gasteiger partial charge in [-0.1, -0.05) is 42.5 Å². The summed E-state index contributed by atoms with van der Waals surface area (Å²) < 4.78 is 32.9. The van der Waals surface area contributed by atoms with Crippen LogP contribution in [0.3, 0.4) is 0 Å². The Balaban J connectivity index is 1.97. The van der Waals surface area contributed by atoms with Crippen LogP contribution in [-0.2, 0) is 14.9 Å². The molecule has 0 atom stereocenters. The van der Waals surface area contributed by atoms with Crippen LogP contribution in [0.2, 0.25) is 0 Å². The molecule has 4 rings (SSSR count). The van der Waals surface area contributed by atoms with E-state index in [0.29, 0.717) is 5.56 Å². The molecule has 1 aliphatic rings. The molecule has 0 spiro atoms. The Morgan fingerprint density at radius 1 is 1.03 bits per heavy atom. The van der Waals surface area contributed by atoms with Crippen LogP contribution in [0.25, 0.3) is 6.08 Å². The first kappa shape index (κ1) is 23.5. The summed E-state index contributed by atoms with van der Waals surface area (Å²) in [6.45, 7) is 0. The lowest BCUT2D eigenvalue weighted by Crippen LogP contribution is -2.34. The number of amidine groups is 1. The van der Waals surface area contributed by atoms with E-state index in [4.69, 9.17) is 0 Å². The van der Waals surface area contributed by atoms with Crippen molar-refractivity contribution < 1.29 is 32.6 Å². The van der Waals surface area contributed by atoms with E-state index in [1.165, 1.54) is 30.3 Å². The minimum Gasteiger partial charge on any atom is -0.478 e. The third-order valence-corrected chi connectivity index (χ3v) is 5.91. The number of aliphatic imine (C=N–C) groups is 1. The number of nitro groups is 1. The van der Waals surface area contributed by atoms with Crippen molar-refractivity contribution in [3.05, 3.63) is 105 Å². The molecular weight excluding hydrogens is 478 g/mol. The van der Waals surface area contributed by atoms with Crippen LogP contribution in [0.4, 0.5) is 11.4 Å². The van der Waals surface area contributed by atoms with Gasteiger partial charge >= 0.3 is 5.97 Å². The molecule has 0 saturated heterocycles. The summed E-state index contributed by atoms with van der Waals surface area (Å²) in [6, 6.07) is 16.6. The first-order chi connectivity index (χ1) is 16.6. The van der Waals surface area contributed by atoms with Crippen molar-refractivity contribution in [1.82, 2.24) is 0 Å². The predicted molar refractivity (Wildman–Crippen MR) is 125 cm³/mol. The molecule has 1 aliphatic heterocycles. The molecule has 0 unspecified atom stereocenters. The number of hydrogen-bond acceptors (Lipinski definition) is 7. The van der Waals surface area contributed by atoms with Crippen LogP contribution < -0.4 is 4.90 Å². The van der Waals surface area contributed by atoms with E-state index in [1.807, 2.05) is 0 Å². The van der Waals surface area contributed by atoms with E-state index in [1.54, 1.807) is 30.3 Å². The summed E-state index contributed by atoms with van der Waals surface area (Å²) in [5.74, 6) is -2.34. The molecule has 0 bridgehead atoms. The molecule has 1 amide bonds. The molecular formula is C23H15N3O8S. The summed E-state index contributed by atoms with van der Waals surface area (Å²) in [5, 5.41) is 21.1. The number of nitro benzene ring substituents is 1. The van der Waals surface area contributed by atoms with Gasteiger partial charge in [-0.15, -0.1) is 0 Å². The van der Waals surface area contributed by atoms with Gasteiger partial charge in [0.15, 0.2) is 0 Å². The highest BCUT2D eigenvalue weighted by molar-refractivity contribution is 7.85. The smallest absolute Gasteiger partial charge is 0.337 e. The fourth-order valence-corrected chi connectivity index (χ4v) is 3.98. The average molecular weight is 493 g/mol. The number of anilines is 1. The van der Waals surface area contributed by atoms with Crippen molar-refractivity contribution in [1.29, 1.82) is 0 Å². The average Bonchev–Trinajstić information content (AvgIpc) is 3.14. The Hall–Kier alpha value is -4.68. The molecule has 11 nitrogen and oxygen atoms in total. The minimum absolute atomic E-state index is 0.0320. The molecule has 3 aromatic rings. The van der Waals surface area contributed by atoms with Crippen LogP contribution in [0, 0.1) is 10.1 Å². The molecule has 1 heterocycles. The number of carboxylic acids is 1. The zero-order valence-corrected chi connectivity index (χ0v) is 18.4. The second-order valence-corrected chi connectivity index (χ2v) is 8.67. The molecule has 0 aromatic heterocycles. The maximum Gasteiger partial charge on any atom is 0.337 e. The topological polar surface area (TPSA) is 167 Å². The number of rotatable bonds is 6. The van der Waals surface area contributed by atoms with Crippen molar-refractivity contribution in [3.63, 3.8) is 0 Å². The summed E-state index contributed by atoms with van der Waals surface area (Å²) in [5.41, 5.74) is -0.828. The van der Waals surface area contributed by atoms with Crippen molar-refractivity contribution in [2.45, 2.75) is 4.90 Å². The molecule has 0 fully saturated rings. The molecule has 3 aromatic carbocycles. The maximum absolute atomic E-state index is 13.5. The van der Waals surface area contributed by atoms with Gasteiger partial charge in [-0.2, -0.15) is 8.42 Å². The highest BCUT2D eigenvalue weighted by Crippen LogP contribution is 2.33. The number of carbonyl (C=O) groups excluding carboxylic acids is 1. The van der Waals surface area contributed by atoms with Crippen LogP contribution in [0.1, 0.15) is 21.5 Å². The highest BCUT2D eigenvalue weighted by Gasteiger charge is 2.36. The quantitative estimate of drug-likeness (QED) is 0.228. The van der Waals surface area contributed by atoms with Crippen LogP contribution in [-0.4, -0.2) is 40.7 Å². The number of benzene rings is 3. The van der Waals surface area contributed by atoms with Crippen molar-refractivity contribution in [2.75, 3.05) is 4.90 Å². The standard InChI is InChI=1S/C23H15N3O8S/c27-22-18(12-15-8-4-5-9-19(15)26(30)31)24-21(14-6-2-1-3-7-14)25(22)20-13-16(35(32,33)34)10-11-17(20)23(28)29/h1-13H,(H,28,29)(H,32,33,34). The Bertz CT molecular complexity index is 1550. The Morgan fingerprint density at radius 3 is 2.31 bits per heavy atom. The number of aromatic carboxylic acids is 1. The van der Waals surface area contributed by atoms with Crippen molar-refractivity contribution in [3.8, 4) is 0 Å². The van der Waals surface area contributed by atoms with E-state index in [-0.39, 0.29) is 28.5 Å². The van der Waals surface area contributed by atoms with E-state index in [2.05, 4.69) is 4.99 Å². The largest absolute Gasteiger partial charge is 0.478 e. The fourth-order valence-electron chi connectivity index (χ4n) is 3.48. The van der Waals surface area contributed by atoms with Gasteiger partial charge < -0.3 is 5.11 Å². The van der Waals surface area contributed by atoms with Crippen LogP contribution >= 0.6 is 0 Å². The van der Waals surface area contributed by atoms with E-state index < -0.39 is 37.4 Å². The first-order valence-corrected chi connectivity index (χ1v) is 11.3. The number of hydrogen-bond donors (Lipinski definition) is 2. The number of para-hydroxylation sites is 1. The van der Waals surface area contributed by atoms with Gasteiger partial charge in [-0.3, -0.25) is 24.4 Å². The first-order valence-electron chi connectivity index (χ1n) is 9.86.